The zero-order valence-corrected chi connectivity index (χ0v) is 17.8. The van der Waals surface area contributed by atoms with E-state index in [0.717, 1.165) is 6.42 Å². The molecule has 30 heavy (non-hydrogen) atoms. The maximum absolute atomic E-state index is 12.8. The monoisotopic (exact) mass is 430 g/mol. The van der Waals surface area contributed by atoms with Crippen LogP contribution in [0.4, 0.5) is 0 Å². The molecule has 1 saturated heterocycles. The van der Waals surface area contributed by atoms with E-state index in [-0.39, 0.29) is 5.92 Å². The fourth-order valence-electron chi connectivity index (χ4n) is 3.14. The first kappa shape index (κ1) is 25.8. The Kier molecular flexibility index (Phi) is 10.2. The van der Waals surface area contributed by atoms with Crippen LogP contribution in [0.2, 0.25) is 0 Å². The van der Waals surface area contributed by atoms with Crippen molar-refractivity contribution in [3.05, 3.63) is 0 Å². The van der Waals surface area contributed by atoms with Gasteiger partial charge in [0, 0.05) is 0 Å². The van der Waals surface area contributed by atoms with Crippen molar-refractivity contribution in [1.82, 2.24) is 21.3 Å². The lowest BCUT2D eigenvalue weighted by molar-refractivity contribution is -0.145. The van der Waals surface area contributed by atoms with Gasteiger partial charge in [-0.15, -0.1) is 0 Å². The normalized spacial score (nSPS) is 22.1. The molecule has 3 amide bonds. The van der Waals surface area contributed by atoms with E-state index in [1.54, 1.807) is 13.8 Å². The summed E-state index contributed by atoms with van der Waals surface area (Å²) in [6, 6.07) is -4.39. The van der Waals surface area contributed by atoms with Gasteiger partial charge in [0.05, 0.1) is 18.2 Å². The minimum atomic E-state index is -1.54. The number of carboxylic acids is 1. The summed E-state index contributed by atoms with van der Waals surface area (Å²) >= 11 is 0. The zero-order chi connectivity index (χ0) is 23.0. The molecule has 1 rings (SSSR count). The van der Waals surface area contributed by atoms with E-state index in [0.29, 0.717) is 19.4 Å². The number of rotatable bonds is 11. The molecular formula is C19H34N4O7. The van der Waals surface area contributed by atoms with Gasteiger partial charge in [0.15, 0.2) is 6.04 Å². The molecule has 0 spiro atoms. The molecule has 11 nitrogen and oxygen atoms in total. The van der Waals surface area contributed by atoms with E-state index in [4.69, 9.17) is 5.11 Å². The Hall–Kier alpha value is -2.24. The first-order chi connectivity index (χ1) is 14.0. The number of aliphatic hydroxyl groups excluding tert-OH is 2. The molecule has 172 valence electrons. The lowest BCUT2D eigenvalue weighted by Crippen LogP contribution is -2.61. The number of carbonyl (C=O) groups excluding carboxylic acids is 3. The second kappa shape index (κ2) is 11.8. The predicted molar refractivity (Wildman–Crippen MR) is 107 cm³/mol. The van der Waals surface area contributed by atoms with E-state index < -0.39 is 60.1 Å². The summed E-state index contributed by atoms with van der Waals surface area (Å²) in [5, 5.41) is 39.0. The Morgan fingerprint density at radius 3 is 1.90 bits per heavy atom. The number of carbonyl (C=O) groups is 4. The SMILES string of the molecule is CCC(C)C(NC(=O)C(NC(=O)C1CCCN1)C(C)O)C(=O)NC(C(=O)O)C(C)O. The van der Waals surface area contributed by atoms with E-state index in [9.17, 15) is 29.4 Å². The molecule has 7 N–H and O–H groups in total. The molecule has 0 aromatic rings. The molecule has 0 aliphatic carbocycles. The van der Waals surface area contributed by atoms with Crippen LogP contribution in [-0.2, 0) is 19.2 Å². The zero-order valence-electron chi connectivity index (χ0n) is 17.8. The average Bonchev–Trinajstić information content (AvgIpc) is 3.21. The van der Waals surface area contributed by atoms with Crippen LogP contribution in [-0.4, -0.2) is 81.9 Å². The summed E-state index contributed by atoms with van der Waals surface area (Å²) in [5.74, 6) is -3.75. The second-order valence-corrected chi connectivity index (χ2v) is 7.81. The fraction of sp³-hybridized carbons (Fsp3) is 0.789. The third-order valence-corrected chi connectivity index (χ3v) is 5.28. The first-order valence-corrected chi connectivity index (χ1v) is 10.2. The number of aliphatic hydroxyl groups is 2. The summed E-state index contributed by atoms with van der Waals surface area (Å²) in [4.78, 5) is 49.0. The van der Waals surface area contributed by atoms with Crippen molar-refractivity contribution in [2.24, 2.45) is 5.92 Å². The summed E-state index contributed by atoms with van der Waals surface area (Å²) in [6.07, 6.45) is -0.632. The van der Waals surface area contributed by atoms with Gasteiger partial charge in [0.25, 0.3) is 0 Å². The third-order valence-electron chi connectivity index (χ3n) is 5.28. The van der Waals surface area contributed by atoms with Crippen LogP contribution in [0.5, 0.6) is 0 Å². The molecule has 0 radical (unpaired) electrons. The third kappa shape index (κ3) is 7.22. The van der Waals surface area contributed by atoms with Gasteiger partial charge in [-0.1, -0.05) is 20.3 Å². The van der Waals surface area contributed by atoms with Crippen LogP contribution >= 0.6 is 0 Å². The van der Waals surface area contributed by atoms with Gasteiger partial charge >= 0.3 is 5.97 Å². The highest BCUT2D eigenvalue weighted by Gasteiger charge is 2.35. The van der Waals surface area contributed by atoms with Crippen LogP contribution < -0.4 is 21.3 Å². The largest absolute Gasteiger partial charge is 0.480 e. The maximum Gasteiger partial charge on any atom is 0.328 e. The molecule has 1 aliphatic heterocycles. The molecule has 1 aliphatic rings. The van der Waals surface area contributed by atoms with Gasteiger partial charge in [-0.2, -0.15) is 0 Å². The number of aliphatic carboxylic acids is 1. The highest BCUT2D eigenvalue weighted by atomic mass is 16.4. The molecule has 7 unspecified atom stereocenters. The second-order valence-electron chi connectivity index (χ2n) is 7.81. The molecule has 0 aromatic carbocycles. The van der Waals surface area contributed by atoms with Crippen molar-refractivity contribution in [1.29, 1.82) is 0 Å². The molecule has 1 heterocycles. The van der Waals surface area contributed by atoms with Crippen molar-refractivity contribution in [3.63, 3.8) is 0 Å². The van der Waals surface area contributed by atoms with Gasteiger partial charge in [-0.25, -0.2) is 4.79 Å². The van der Waals surface area contributed by atoms with Crippen molar-refractivity contribution >= 4 is 23.7 Å². The lowest BCUT2D eigenvalue weighted by atomic mass is 9.97. The van der Waals surface area contributed by atoms with Crippen LogP contribution in [0.3, 0.4) is 0 Å². The Morgan fingerprint density at radius 1 is 0.933 bits per heavy atom. The highest BCUT2D eigenvalue weighted by Crippen LogP contribution is 2.11. The topological polar surface area (TPSA) is 177 Å². The Labute approximate surface area is 176 Å². The molecule has 0 aromatic heterocycles. The van der Waals surface area contributed by atoms with E-state index in [1.165, 1.54) is 13.8 Å². The summed E-state index contributed by atoms with van der Waals surface area (Å²) in [6.45, 7) is 6.75. The van der Waals surface area contributed by atoms with Gasteiger partial charge in [-0.05, 0) is 39.2 Å². The maximum atomic E-state index is 12.8. The number of amides is 3. The van der Waals surface area contributed by atoms with Crippen LogP contribution in [0, 0.1) is 5.92 Å². The minimum absolute atomic E-state index is 0.376. The highest BCUT2D eigenvalue weighted by molar-refractivity contribution is 5.94. The van der Waals surface area contributed by atoms with Gasteiger partial charge in [-0.3, -0.25) is 14.4 Å². The van der Waals surface area contributed by atoms with Crippen molar-refractivity contribution in [3.8, 4) is 0 Å². The molecule has 7 atom stereocenters. The Bertz CT molecular complexity index is 620. The van der Waals surface area contributed by atoms with Crippen molar-refractivity contribution < 1.29 is 34.5 Å². The van der Waals surface area contributed by atoms with Crippen LogP contribution in [0.1, 0.15) is 47.0 Å². The van der Waals surface area contributed by atoms with Gasteiger partial charge in [0.2, 0.25) is 17.7 Å². The number of hydrogen-bond acceptors (Lipinski definition) is 7. The predicted octanol–water partition coefficient (Wildman–Crippen LogP) is -1.91. The van der Waals surface area contributed by atoms with Gasteiger partial charge < -0.3 is 36.6 Å². The van der Waals surface area contributed by atoms with E-state index in [2.05, 4.69) is 21.3 Å². The summed E-state index contributed by atoms with van der Waals surface area (Å²) in [7, 11) is 0. The smallest absolute Gasteiger partial charge is 0.328 e. The molecule has 1 fully saturated rings. The molecule has 11 heteroatoms. The summed E-state index contributed by atoms with van der Waals surface area (Å²) in [5.41, 5.74) is 0. The Morgan fingerprint density at radius 2 is 1.47 bits per heavy atom. The molecular weight excluding hydrogens is 396 g/mol. The van der Waals surface area contributed by atoms with E-state index in [1.807, 2.05) is 0 Å². The average molecular weight is 431 g/mol. The first-order valence-electron chi connectivity index (χ1n) is 10.2. The standard InChI is InChI=1S/C19H34N4O7/c1-5-9(2)13(17(27)23-15(11(4)25)19(29)30)21-18(28)14(10(3)24)22-16(26)12-7-6-8-20-12/h9-15,20,24-25H,5-8H2,1-4H3,(H,21,28)(H,22,26)(H,23,27)(H,29,30). The molecule has 0 bridgehead atoms. The quantitative estimate of drug-likeness (QED) is 0.198. The number of carboxylic acid groups (broad SMARTS) is 1. The van der Waals surface area contributed by atoms with Crippen molar-refractivity contribution in [2.45, 2.75) is 83.3 Å². The fourth-order valence-corrected chi connectivity index (χ4v) is 3.14. The van der Waals surface area contributed by atoms with Gasteiger partial charge in [0.1, 0.15) is 12.1 Å². The summed E-state index contributed by atoms with van der Waals surface area (Å²) < 4.78 is 0. The van der Waals surface area contributed by atoms with Crippen LogP contribution in [0.25, 0.3) is 0 Å². The lowest BCUT2D eigenvalue weighted by Gasteiger charge is -2.29. The van der Waals surface area contributed by atoms with E-state index >= 15 is 0 Å². The van der Waals surface area contributed by atoms with Crippen molar-refractivity contribution in [2.75, 3.05) is 6.54 Å². The number of hydrogen-bond donors (Lipinski definition) is 7. The minimum Gasteiger partial charge on any atom is -0.480 e. The number of nitrogens with one attached hydrogen (secondary N) is 4. The van der Waals surface area contributed by atoms with Crippen LogP contribution in [0.15, 0.2) is 0 Å². The molecule has 0 saturated carbocycles. The Balaban J connectivity index is 2.92.